The Morgan fingerprint density at radius 3 is 2.29 bits per heavy atom. The predicted octanol–water partition coefficient (Wildman–Crippen LogP) is 4.68. The van der Waals surface area contributed by atoms with Gasteiger partial charge >= 0.3 is 5.97 Å². The Morgan fingerprint density at radius 1 is 0.912 bits per heavy atom. The summed E-state index contributed by atoms with van der Waals surface area (Å²) < 4.78 is 21.9. The number of aliphatic imine (C=N–C) groups is 1. The number of benzene rings is 3. The molecule has 0 saturated carbocycles. The van der Waals surface area contributed by atoms with E-state index >= 15 is 0 Å². The summed E-state index contributed by atoms with van der Waals surface area (Å²) >= 11 is 0. The second-order valence-corrected chi connectivity index (χ2v) is 7.90. The van der Waals surface area contributed by atoms with Gasteiger partial charge in [-0.25, -0.2) is 4.99 Å². The number of rotatable bonds is 7. The first-order chi connectivity index (χ1) is 16.5. The van der Waals surface area contributed by atoms with E-state index < -0.39 is 0 Å². The Balaban J connectivity index is 2.01. The van der Waals surface area contributed by atoms with E-state index in [9.17, 15) is 4.79 Å². The van der Waals surface area contributed by atoms with E-state index in [4.69, 9.17) is 23.9 Å². The smallest absolute Gasteiger partial charge is 0.325 e. The average Bonchev–Trinajstić information content (AvgIpc) is 2.87. The van der Waals surface area contributed by atoms with Gasteiger partial charge in [0.1, 0.15) is 12.4 Å². The number of carbonyl (C=O) groups is 1. The Kier molecular flexibility index (Phi) is 6.72. The molecule has 0 saturated heterocycles. The number of methoxy groups -OCH3 is 4. The summed E-state index contributed by atoms with van der Waals surface area (Å²) in [7, 11) is 6.09. The molecule has 1 aliphatic heterocycles. The van der Waals surface area contributed by atoms with Crippen molar-refractivity contribution in [2.45, 2.75) is 13.0 Å². The summed E-state index contributed by atoms with van der Waals surface area (Å²) in [5, 5.41) is 0. The van der Waals surface area contributed by atoms with Crippen molar-refractivity contribution in [1.29, 1.82) is 0 Å². The highest BCUT2D eigenvalue weighted by Crippen LogP contribution is 2.45. The number of hydrogen-bond donors (Lipinski definition) is 0. The van der Waals surface area contributed by atoms with Crippen LogP contribution >= 0.6 is 0 Å². The quantitative estimate of drug-likeness (QED) is 0.477. The van der Waals surface area contributed by atoms with Crippen molar-refractivity contribution in [2.75, 3.05) is 35.0 Å². The van der Waals surface area contributed by atoms with Gasteiger partial charge in [-0.15, -0.1) is 0 Å². The third-order valence-electron chi connectivity index (χ3n) is 5.88. The molecule has 3 aromatic rings. The molecule has 0 aromatic heterocycles. The zero-order valence-electron chi connectivity index (χ0n) is 20.0. The highest BCUT2D eigenvalue weighted by molar-refractivity contribution is 6.06. The molecule has 0 N–H and O–H groups in total. The Morgan fingerprint density at radius 2 is 1.65 bits per heavy atom. The van der Waals surface area contributed by atoms with Gasteiger partial charge in [0.2, 0.25) is 5.75 Å². The van der Waals surface area contributed by atoms with Gasteiger partial charge in [0.15, 0.2) is 11.5 Å². The minimum absolute atomic E-state index is 0.000288. The normalized spacial score (nSPS) is 14.7. The summed E-state index contributed by atoms with van der Waals surface area (Å²) in [6, 6.07) is 19.6. The van der Waals surface area contributed by atoms with Crippen LogP contribution in [0.1, 0.15) is 28.3 Å². The lowest BCUT2D eigenvalue weighted by molar-refractivity contribution is -0.141. The second-order valence-electron chi connectivity index (χ2n) is 7.90. The zero-order valence-corrected chi connectivity index (χ0v) is 20.0. The van der Waals surface area contributed by atoms with Crippen molar-refractivity contribution in [3.05, 3.63) is 82.9 Å². The van der Waals surface area contributed by atoms with Crippen molar-refractivity contribution in [3.63, 3.8) is 0 Å². The lowest BCUT2D eigenvalue weighted by atomic mass is 9.92. The molecule has 1 aliphatic rings. The molecule has 1 heterocycles. The lowest BCUT2D eigenvalue weighted by Gasteiger charge is -2.38. The maximum absolute atomic E-state index is 12.6. The van der Waals surface area contributed by atoms with E-state index in [-0.39, 0.29) is 18.6 Å². The molecule has 0 aliphatic carbocycles. The fourth-order valence-corrected chi connectivity index (χ4v) is 4.31. The molecule has 7 heteroatoms. The van der Waals surface area contributed by atoms with Crippen LogP contribution < -0.4 is 14.2 Å². The number of aryl methyl sites for hydroxylation is 1. The van der Waals surface area contributed by atoms with Gasteiger partial charge < -0.3 is 23.8 Å². The summed E-state index contributed by atoms with van der Waals surface area (Å²) in [6.07, 6.45) is 0. The fraction of sp³-hybridized carbons (Fsp3) is 0.259. The van der Waals surface area contributed by atoms with Gasteiger partial charge in [-0.3, -0.25) is 4.79 Å². The van der Waals surface area contributed by atoms with Crippen LogP contribution in [0.3, 0.4) is 0 Å². The van der Waals surface area contributed by atoms with Crippen molar-refractivity contribution in [3.8, 4) is 17.2 Å². The van der Waals surface area contributed by atoms with Crippen LogP contribution in [-0.2, 0) is 9.53 Å². The molecule has 0 fully saturated rings. The minimum Gasteiger partial charge on any atom is -0.493 e. The van der Waals surface area contributed by atoms with Crippen LogP contribution in [0.25, 0.3) is 0 Å². The first-order valence-corrected chi connectivity index (χ1v) is 10.9. The number of nitrogens with zero attached hydrogens (tertiary/aromatic N) is 2. The fourth-order valence-electron chi connectivity index (χ4n) is 4.31. The monoisotopic (exact) mass is 460 g/mol. The molecule has 176 valence electrons. The predicted molar refractivity (Wildman–Crippen MR) is 130 cm³/mol. The largest absolute Gasteiger partial charge is 0.493 e. The second kappa shape index (κ2) is 9.87. The van der Waals surface area contributed by atoms with Crippen LogP contribution in [0.4, 0.5) is 5.69 Å². The van der Waals surface area contributed by atoms with Gasteiger partial charge in [-0.2, -0.15) is 0 Å². The topological polar surface area (TPSA) is 69.6 Å². The number of carbonyl (C=O) groups excluding carboxylic acids is 1. The number of ether oxygens (including phenoxy) is 4. The van der Waals surface area contributed by atoms with E-state index in [1.165, 1.54) is 7.11 Å². The molecule has 34 heavy (non-hydrogen) atoms. The van der Waals surface area contributed by atoms with E-state index in [2.05, 4.69) is 12.1 Å². The Labute approximate surface area is 199 Å². The zero-order chi connectivity index (χ0) is 24.2. The maximum atomic E-state index is 12.6. The molecule has 0 unspecified atom stereocenters. The van der Waals surface area contributed by atoms with Crippen LogP contribution in [0.2, 0.25) is 0 Å². The summed E-state index contributed by atoms with van der Waals surface area (Å²) in [5.74, 6) is 1.67. The van der Waals surface area contributed by atoms with E-state index in [1.807, 2.05) is 54.3 Å². The molecule has 0 spiro atoms. The van der Waals surface area contributed by atoms with Gasteiger partial charge in [-0.05, 0) is 36.2 Å². The number of amidine groups is 1. The average molecular weight is 461 g/mol. The highest BCUT2D eigenvalue weighted by atomic mass is 16.5. The van der Waals surface area contributed by atoms with Crippen LogP contribution in [0.15, 0.2) is 65.7 Å². The van der Waals surface area contributed by atoms with Gasteiger partial charge in [0.25, 0.3) is 0 Å². The Hall–Kier alpha value is -4.00. The lowest BCUT2D eigenvalue weighted by Crippen LogP contribution is -2.42. The molecule has 0 amide bonds. The van der Waals surface area contributed by atoms with Gasteiger partial charge in [0, 0.05) is 5.56 Å². The Bertz CT molecular complexity index is 1220. The van der Waals surface area contributed by atoms with Crippen molar-refractivity contribution >= 4 is 17.5 Å². The van der Waals surface area contributed by atoms with Gasteiger partial charge in [-0.1, -0.05) is 42.5 Å². The molecular formula is C27H28N2O5. The number of hydrogen-bond acceptors (Lipinski definition) is 7. The molecule has 1 atom stereocenters. The van der Waals surface area contributed by atoms with E-state index in [1.54, 1.807) is 27.4 Å². The minimum atomic E-state index is -0.372. The number of esters is 1. The maximum Gasteiger partial charge on any atom is 0.325 e. The molecule has 7 nitrogen and oxygen atoms in total. The van der Waals surface area contributed by atoms with Crippen molar-refractivity contribution in [1.82, 2.24) is 4.90 Å². The van der Waals surface area contributed by atoms with Gasteiger partial charge in [0.05, 0.1) is 45.7 Å². The van der Waals surface area contributed by atoms with Crippen LogP contribution in [-0.4, -0.2) is 51.7 Å². The summed E-state index contributed by atoms with van der Waals surface area (Å²) in [6.45, 7) is 2.03. The summed E-state index contributed by atoms with van der Waals surface area (Å²) in [5.41, 5.74) is 4.64. The van der Waals surface area contributed by atoms with E-state index in [0.717, 1.165) is 22.4 Å². The van der Waals surface area contributed by atoms with E-state index in [0.29, 0.717) is 28.6 Å². The third-order valence-corrected chi connectivity index (χ3v) is 5.88. The first-order valence-electron chi connectivity index (χ1n) is 10.9. The number of fused-ring (bicyclic) bond motifs is 1. The molecule has 3 aromatic carbocycles. The third kappa shape index (κ3) is 4.17. The highest BCUT2D eigenvalue weighted by Gasteiger charge is 2.35. The van der Waals surface area contributed by atoms with Crippen LogP contribution in [0, 0.1) is 6.92 Å². The molecule has 0 bridgehead atoms. The van der Waals surface area contributed by atoms with Crippen LogP contribution in [0.5, 0.6) is 17.2 Å². The van der Waals surface area contributed by atoms with Crippen molar-refractivity contribution < 1.29 is 23.7 Å². The SMILES string of the molecule is COC(=O)CN1C(c2ccc(OC)c(OC)c2OC)=Nc2cc(C)ccc2[C@H]1c1ccccc1. The molecule has 4 rings (SSSR count). The molecular weight excluding hydrogens is 432 g/mol. The first kappa shape index (κ1) is 23.2. The molecule has 0 radical (unpaired) electrons. The standard InChI is InChI=1S/C27H28N2O5/c1-17-11-12-19-21(15-17)28-27(20-13-14-22(31-2)26(34-5)25(20)33-4)29(16-23(30)32-3)24(19)18-9-7-6-8-10-18/h6-15,24H,16H2,1-5H3/t24-/m1/s1. The summed E-state index contributed by atoms with van der Waals surface area (Å²) in [4.78, 5) is 19.5. The van der Waals surface area contributed by atoms with Crippen molar-refractivity contribution in [2.24, 2.45) is 4.99 Å².